The second-order valence-electron chi connectivity index (χ2n) is 3.74. The van der Waals surface area contributed by atoms with Crippen LogP contribution in [0, 0.1) is 11.6 Å². The van der Waals surface area contributed by atoms with Crippen LogP contribution < -0.4 is 0 Å². The number of benzene rings is 1. The van der Waals surface area contributed by atoms with Gasteiger partial charge in [-0.05, 0) is 11.6 Å². The van der Waals surface area contributed by atoms with Gasteiger partial charge in [0.05, 0.1) is 11.9 Å². The van der Waals surface area contributed by atoms with Crippen molar-refractivity contribution in [1.29, 1.82) is 0 Å². The van der Waals surface area contributed by atoms with Crippen LogP contribution in [-0.2, 0) is 13.5 Å². The van der Waals surface area contributed by atoms with Crippen LogP contribution >= 0.6 is 0 Å². The van der Waals surface area contributed by atoms with Crippen molar-refractivity contribution in [3.63, 3.8) is 0 Å². The minimum Gasteiger partial charge on any atom is -0.386 e. The highest BCUT2D eigenvalue weighted by Crippen LogP contribution is 2.19. The maximum absolute atomic E-state index is 13.4. The Morgan fingerprint density at radius 1 is 1.41 bits per heavy atom. The van der Waals surface area contributed by atoms with E-state index in [-0.39, 0.29) is 12.0 Å². The molecule has 1 heterocycles. The lowest BCUT2D eigenvalue weighted by molar-refractivity contribution is 0.167. The molecule has 0 aliphatic rings. The molecule has 0 bridgehead atoms. The van der Waals surface area contributed by atoms with Gasteiger partial charge < -0.3 is 5.11 Å². The SMILES string of the molecule is Cn1nncc1C(O)Cc1ccc(F)cc1F. The number of aliphatic hydroxyl groups excluding tert-OH is 1. The molecule has 1 unspecified atom stereocenters. The summed E-state index contributed by atoms with van der Waals surface area (Å²) in [7, 11) is 1.63. The smallest absolute Gasteiger partial charge is 0.129 e. The van der Waals surface area contributed by atoms with E-state index in [9.17, 15) is 13.9 Å². The average molecular weight is 239 g/mol. The number of hydrogen-bond acceptors (Lipinski definition) is 3. The van der Waals surface area contributed by atoms with Gasteiger partial charge in [0.2, 0.25) is 0 Å². The molecular weight excluding hydrogens is 228 g/mol. The van der Waals surface area contributed by atoms with E-state index in [1.165, 1.54) is 16.9 Å². The first-order valence-electron chi connectivity index (χ1n) is 5.04. The van der Waals surface area contributed by atoms with Gasteiger partial charge in [0.25, 0.3) is 0 Å². The molecule has 0 radical (unpaired) electrons. The number of hydrogen-bond donors (Lipinski definition) is 1. The zero-order valence-electron chi connectivity index (χ0n) is 9.14. The van der Waals surface area contributed by atoms with Crippen LogP contribution in [0.3, 0.4) is 0 Å². The van der Waals surface area contributed by atoms with Gasteiger partial charge in [-0.2, -0.15) is 0 Å². The van der Waals surface area contributed by atoms with Crippen LogP contribution in [-0.4, -0.2) is 20.1 Å². The topological polar surface area (TPSA) is 50.9 Å². The van der Waals surface area contributed by atoms with Crippen molar-refractivity contribution in [2.45, 2.75) is 12.5 Å². The molecule has 4 nitrogen and oxygen atoms in total. The molecule has 0 aliphatic heterocycles. The summed E-state index contributed by atoms with van der Waals surface area (Å²) < 4.78 is 27.5. The molecule has 6 heteroatoms. The van der Waals surface area contributed by atoms with E-state index in [1.807, 2.05) is 0 Å². The highest BCUT2D eigenvalue weighted by molar-refractivity contribution is 5.20. The summed E-state index contributed by atoms with van der Waals surface area (Å²) in [4.78, 5) is 0. The van der Waals surface area contributed by atoms with Crippen LogP contribution in [0.25, 0.3) is 0 Å². The summed E-state index contributed by atoms with van der Waals surface area (Å²) >= 11 is 0. The lowest BCUT2D eigenvalue weighted by atomic mass is 10.1. The van der Waals surface area contributed by atoms with Gasteiger partial charge in [-0.15, -0.1) is 5.10 Å². The zero-order chi connectivity index (χ0) is 12.4. The molecule has 0 fully saturated rings. The van der Waals surface area contributed by atoms with Gasteiger partial charge in [0.1, 0.15) is 17.7 Å². The van der Waals surface area contributed by atoms with Crippen molar-refractivity contribution in [2.24, 2.45) is 7.05 Å². The standard InChI is InChI=1S/C11H11F2N3O/c1-16-10(6-14-15-16)11(17)4-7-2-3-8(12)5-9(7)13/h2-3,5-6,11,17H,4H2,1H3. The number of halogens is 2. The van der Waals surface area contributed by atoms with Crippen LogP contribution in [0.1, 0.15) is 17.4 Å². The van der Waals surface area contributed by atoms with Gasteiger partial charge in [0, 0.05) is 19.5 Å². The van der Waals surface area contributed by atoms with Crippen LogP contribution in [0.4, 0.5) is 8.78 Å². The maximum Gasteiger partial charge on any atom is 0.129 e. The highest BCUT2D eigenvalue weighted by Gasteiger charge is 2.15. The number of rotatable bonds is 3. The first-order valence-corrected chi connectivity index (χ1v) is 5.04. The molecule has 90 valence electrons. The van der Waals surface area contributed by atoms with Crippen LogP contribution in [0.2, 0.25) is 0 Å². The summed E-state index contributed by atoms with van der Waals surface area (Å²) in [5, 5.41) is 17.2. The summed E-state index contributed by atoms with van der Waals surface area (Å²) in [5.74, 6) is -1.30. The van der Waals surface area contributed by atoms with E-state index in [1.54, 1.807) is 7.05 Å². The molecule has 0 saturated carbocycles. The molecule has 0 aliphatic carbocycles. The summed E-state index contributed by atoms with van der Waals surface area (Å²) in [5.41, 5.74) is 0.730. The summed E-state index contributed by atoms with van der Waals surface area (Å²) in [6, 6.07) is 3.27. The fourth-order valence-corrected chi connectivity index (χ4v) is 1.60. The fourth-order valence-electron chi connectivity index (χ4n) is 1.60. The Morgan fingerprint density at radius 2 is 2.18 bits per heavy atom. The number of aliphatic hydroxyl groups is 1. The molecule has 1 aromatic heterocycles. The third-order valence-electron chi connectivity index (χ3n) is 2.52. The Kier molecular flexibility index (Phi) is 3.14. The molecule has 0 saturated heterocycles. The van der Waals surface area contributed by atoms with Crippen molar-refractivity contribution in [1.82, 2.24) is 15.0 Å². The molecule has 2 aromatic rings. The Balaban J connectivity index is 2.19. The van der Waals surface area contributed by atoms with Gasteiger partial charge in [-0.25, -0.2) is 13.5 Å². The normalized spacial score (nSPS) is 12.7. The van der Waals surface area contributed by atoms with Gasteiger partial charge in [-0.1, -0.05) is 11.3 Å². The van der Waals surface area contributed by atoms with Crippen molar-refractivity contribution in [2.75, 3.05) is 0 Å². The minimum absolute atomic E-state index is 0.0489. The molecule has 0 amide bonds. The van der Waals surface area contributed by atoms with Crippen molar-refractivity contribution >= 4 is 0 Å². The molecule has 17 heavy (non-hydrogen) atoms. The van der Waals surface area contributed by atoms with E-state index in [0.717, 1.165) is 12.1 Å². The van der Waals surface area contributed by atoms with Crippen LogP contribution in [0.15, 0.2) is 24.4 Å². The third-order valence-corrected chi connectivity index (χ3v) is 2.52. The quantitative estimate of drug-likeness (QED) is 0.880. The Morgan fingerprint density at radius 3 is 2.76 bits per heavy atom. The Labute approximate surface area is 96.5 Å². The monoisotopic (exact) mass is 239 g/mol. The lowest BCUT2D eigenvalue weighted by Gasteiger charge is -2.10. The molecule has 0 spiro atoms. The number of aryl methyl sites for hydroxylation is 1. The number of nitrogens with zero attached hydrogens (tertiary/aromatic N) is 3. The third kappa shape index (κ3) is 2.47. The van der Waals surface area contributed by atoms with Crippen molar-refractivity contribution in [3.05, 3.63) is 47.3 Å². The van der Waals surface area contributed by atoms with E-state index >= 15 is 0 Å². The van der Waals surface area contributed by atoms with Crippen molar-refractivity contribution < 1.29 is 13.9 Å². The maximum atomic E-state index is 13.4. The molecule has 2 rings (SSSR count). The predicted molar refractivity (Wildman–Crippen MR) is 56.0 cm³/mol. The predicted octanol–water partition coefficient (Wildman–Crippen LogP) is 1.37. The lowest BCUT2D eigenvalue weighted by Crippen LogP contribution is -2.09. The van der Waals surface area contributed by atoms with Gasteiger partial charge in [-0.3, -0.25) is 0 Å². The fraction of sp³-hybridized carbons (Fsp3) is 0.273. The molecule has 1 aromatic carbocycles. The average Bonchev–Trinajstić information content (AvgIpc) is 2.68. The number of aromatic nitrogens is 3. The highest BCUT2D eigenvalue weighted by atomic mass is 19.1. The van der Waals surface area contributed by atoms with Gasteiger partial charge >= 0.3 is 0 Å². The van der Waals surface area contributed by atoms with Crippen LogP contribution in [0.5, 0.6) is 0 Å². The molecule has 1 N–H and O–H groups in total. The summed E-state index contributed by atoms with van der Waals surface area (Å²) in [6.07, 6.45) is 0.536. The Bertz CT molecular complexity index is 527. The van der Waals surface area contributed by atoms with E-state index < -0.39 is 17.7 Å². The van der Waals surface area contributed by atoms with E-state index in [4.69, 9.17) is 0 Å². The zero-order valence-corrected chi connectivity index (χ0v) is 9.14. The summed E-state index contributed by atoms with van der Waals surface area (Å²) in [6.45, 7) is 0. The van der Waals surface area contributed by atoms with E-state index in [2.05, 4.69) is 10.3 Å². The first-order chi connectivity index (χ1) is 8.08. The Hall–Kier alpha value is -1.82. The molecular formula is C11H11F2N3O. The van der Waals surface area contributed by atoms with Gasteiger partial charge in [0.15, 0.2) is 0 Å². The minimum atomic E-state index is -0.921. The first kappa shape index (κ1) is 11.7. The van der Waals surface area contributed by atoms with Crippen molar-refractivity contribution in [3.8, 4) is 0 Å². The second-order valence-corrected chi connectivity index (χ2v) is 3.74. The molecule has 1 atom stereocenters. The largest absolute Gasteiger partial charge is 0.386 e. The van der Waals surface area contributed by atoms with E-state index in [0.29, 0.717) is 5.69 Å². The second kappa shape index (κ2) is 4.58.